The molecule has 0 aromatic heterocycles. The number of hydrogen-bond donors (Lipinski definition) is 1. The summed E-state index contributed by atoms with van der Waals surface area (Å²) in [5, 5.41) is 9.24. The molecule has 20 heavy (non-hydrogen) atoms. The van der Waals surface area contributed by atoms with Crippen molar-refractivity contribution in [2.24, 2.45) is 0 Å². The van der Waals surface area contributed by atoms with Gasteiger partial charge in [-0.15, -0.1) is 0 Å². The van der Waals surface area contributed by atoms with Gasteiger partial charge in [-0.3, -0.25) is 4.79 Å². The van der Waals surface area contributed by atoms with Crippen LogP contribution < -0.4 is 0 Å². The lowest BCUT2D eigenvalue weighted by Crippen LogP contribution is -2.49. The fourth-order valence-electron chi connectivity index (χ4n) is 3.34. The van der Waals surface area contributed by atoms with Gasteiger partial charge in [0.05, 0.1) is 12.0 Å². The molecule has 0 unspecified atom stereocenters. The van der Waals surface area contributed by atoms with Crippen LogP contribution in [0.1, 0.15) is 45.1 Å². The third kappa shape index (κ3) is 2.73. The lowest BCUT2D eigenvalue weighted by molar-refractivity contribution is -0.139. The van der Waals surface area contributed by atoms with Gasteiger partial charge in [0.1, 0.15) is 0 Å². The lowest BCUT2D eigenvalue weighted by atomic mass is 9.77. The Kier molecular flexibility index (Phi) is 4.81. The molecular weight excluding hydrogens is 250 g/mol. The smallest absolute Gasteiger partial charge is 0.233 e. The zero-order valence-corrected chi connectivity index (χ0v) is 12.5. The quantitative estimate of drug-likeness (QED) is 0.897. The van der Waals surface area contributed by atoms with Gasteiger partial charge in [0.25, 0.3) is 0 Å². The van der Waals surface area contributed by atoms with E-state index in [1.54, 1.807) is 0 Å². The highest BCUT2D eigenvalue weighted by Gasteiger charge is 2.45. The van der Waals surface area contributed by atoms with Gasteiger partial charge < -0.3 is 10.0 Å². The van der Waals surface area contributed by atoms with Crippen molar-refractivity contribution in [2.45, 2.75) is 51.0 Å². The highest BCUT2D eigenvalue weighted by Crippen LogP contribution is 2.42. The van der Waals surface area contributed by atoms with Crippen LogP contribution in [0, 0.1) is 0 Å². The van der Waals surface area contributed by atoms with Crippen molar-refractivity contribution in [1.82, 2.24) is 4.90 Å². The molecule has 0 aliphatic heterocycles. The normalized spacial score (nSPS) is 17.4. The van der Waals surface area contributed by atoms with E-state index < -0.39 is 0 Å². The van der Waals surface area contributed by atoms with E-state index in [-0.39, 0.29) is 24.0 Å². The van der Waals surface area contributed by atoms with Crippen LogP contribution in [0.5, 0.6) is 0 Å². The maximum absolute atomic E-state index is 13.1. The summed E-state index contributed by atoms with van der Waals surface area (Å²) in [4.78, 5) is 14.9. The van der Waals surface area contributed by atoms with Crippen LogP contribution in [-0.4, -0.2) is 35.1 Å². The SMILES string of the molecule is CC(C)N(CCO)C(=O)C1(c2ccccc2)CCCC1. The van der Waals surface area contributed by atoms with Crippen molar-refractivity contribution in [3.05, 3.63) is 35.9 Å². The number of aliphatic hydroxyl groups is 1. The van der Waals surface area contributed by atoms with Crippen molar-refractivity contribution in [3.8, 4) is 0 Å². The summed E-state index contributed by atoms with van der Waals surface area (Å²) in [6, 6.07) is 10.3. The molecule has 0 atom stereocenters. The molecule has 3 heteroatoms. The first-order chi connectivity index (χ1) is 9.62. The minimum atomic E-state index is -0.374. The molecule has 0 bridgehead atoms. The van der Waals surface area contributed by atoms with Gasteiger partial charge in [-0.25, -0.2) is 0 Å². The van der Waals surface area contributed by atoms with E-state index in [0.717, 1.165) is 31.2 Å². The van der Waals surface area contributed by atoms with Crippen molar-refractivity contribution in [2.75, 3.05) is 13.2 Å². The third-order valence-electron chi connectivity index (χ3n) is 4.42. The van der Waals surface area contributed by atoms with Gasteiger partial charge in [-0.1, -0.05) is 43.2 Å². The Bertz CT molecular complexity index is 436. The topological polar surface area (TPSA) is 40.5 Å². The molecule has 1 aromatic rings. The van der Waals surface area contributed by atoms with Crippen molar-refractivity contribution in [1.29, 1.82) is 0 Å². The second kappa shape index (κ2) is 6.40. The standard InChI is InChI=1S/C17H25NO2/c1-14(2)18(12-13-19)16(20)17(10-6-7-11-17)15-8-4-3-5-9-15/h3-5,8-9,14,19H,6-7,10-13H2,1-2H3. The summed E-state index contributed by atoms with van der Waals surface area (Å²) >= 11 is 0. The maximum atomic E-state index is 13.1. The Morgan fingerprint density at radius 1 is 1.25 bits per heavy atom. The third-order valence-corrected chi connectivity index (χ3v) is 4.42. The highest BCUT2D eigenvalue weighted by molar-refractivity contribution is 5.89. The van der Waals surface area contributed by atoms with Crippen LogP contribution in [0.3, 0.4) is 0 Å². The molecule has 1 amide bonds. The second-order valence-corrected chi connectivity index (χ2v) is 5.97. The number of carbonyl (C=O) groups is 1. The molecule has 1 N–H and O–H groups in total. The molecule has 1 aliphatic rings. The van der Waals surface area contributed by atoms with Gasteiger partial charge in [0, 0.05) is 12.6 Å². The van der Waals surface area contributed by atoms with E-state index in [1.807, 2.05) is 36.9 Å². The van der Waals surface area contributed by atoms with E-state index in [2.05, 4.69) is 12.1 Å². The molecule has 1 aliphatic carbocycles. The molecular formula is C17H25NO2. The number of benzene rings is 1. The minimum absolute atomic E-state index is 0.0226. The van der Waals surface area contributed by atoms with Crippen LogP contribution >= 0.6 is 0 Å². The summed E-state index contributed by atoms with van der Waals surface area (Å²) in [6.07, 6.45) is 4.05. The van der Waals surface area contributed by atoms with Crippen LogP contribution in [0.4, 0.5) is 0 Å². The summed E-state index contributed by atoms with van der Waals surface area (Å²) < 4.78 is 0. The molecule has 1 saturated carbocycles. The largest absolute Gasteiger partial charge is 0.395 e. The van der Waals surface area contributed by atoms with Crippen molar-refractivity contribution >= 4 is 5.91 Å². The highest BCUT2D eigenvalue weighted by atomic mass is 16.3. The summed E-state index contributed by atoms with van der Waals surface area (Å²) in [6.45, 7) is 4.47. The van der Waals surface area contributed by atoms with Gasteiger partial charge >= 0.3 is 0 Å². The Morgan fingerprint density at radius 2 is 1.85 bits per heavy atom. The minimum Gasteiger partial charge on any atom is -0.395 e. The van der Waals surface area contributed by atoms with Crippen LogP contribution in [0.25, 0.3) is 0 Å². The Morgan fingerprint density at radius 3 is 2.35 bits per heavy atom. The number of amides is 1. The fourth-order valence-corrected chi connectivity index (χ4v) is 3.34. The zero-order chi connectivity index (χ0) is 14.6. The molecule has 110 valence electrons. The van der Waals surface area contributed by atoms with Crippen LogP contribution in [0.2, 0.25) is 0 Å². The van der Waals surface area contributed by atoms with E-state index in [0.29, 0.717) is 6.54 Å². The molecule has 0 spiro atoms. The van der Waals surface area contributed by atoms with Crippen molar-refractivity contribution in [3.63, 3.8) is 0 Å². The first-order valence-corrected chi connectivity index (χ1v) is 7.59. The van der Waals surface area contributed by atoms with Gasteiger partial charge in [-0.2, -0.15) is 0 Å². The Hall–Kier alpha value is -1.35. The van der Waals surface area contributed by atoms with Gasteiger partial charge in [0.2, 0.25) is 5.91 Å². The fraction of sp³-hybridized carbons (Fsp3) is 0.588. The van der Waals surface area contributed by atoms with Gasteiger partial charge in [-0.05, 0) is 32.3 Å². The number of rotatable bonds is 5. The molecule has 2 rings (SSSR count). The average molecular weight is 275 g/mol. The predicted molar refractivity (Wildman–Crippen MR) is 80.5 cm³/mol. The molecule has 1 fully saturated rings. The van der Waals surface area contributed by atoms with Crippen LogP contribution in [-0.2, 0) is 10.2 Å². The first-order valence-electron chi connectivity index (χ1n) is 7.59. The summed E-state index contributed by atoms with van der Waals surface area (Å²) in [5.41, 5.74) is 0.756. The molecule has 0 radical (unpaired) electrons. The lowest BCUT2D eigenvalue weighted by Gasteiger charge is -2.37. The predicted octanol–water partition coefficient (Wildman–Crippen LogP) is 2.73. The number of carbonyl (C=O) groups excluding carboxylic acids is 1. The molecule has 3 nitrogen and oxygen atoms in total. The second-order valence-electron chi connectivity index (χ2n) is 5.97. The number of aliphatic hydroxyl groups excluding tert-OH is 1. The van der Waals surface area contributed by atoms with Crippen LogP contribution in [0.15, 0.2) is 30.3 Å². The van der Waals surface area contributed by atoms with E-state index >= 15 is 0 Å². The Balaban J connectivity index is 2.35. The van der Waals surface area contributed by atoms with E-state index in [9.17, 15) is 9.90 Å². The van der Waals surface area contributed by atoms with Gasteiger partial charge in [0.15, 0.2) is 0 Å². The molecule has 1 aromatic carbocycles. The van der Waals surface area contributed by atoms with Crippen molar-refractivity contribution < 1.29 is 9.90 Å². The Labute approximate surface area is 121 Å². The van der Waals surface area contributed by atoms with E-state index in [1.165, 1.54) is 0 Å². The molecule has 0 saturated heterocycles. The monoisotopic (exact) mass is 275 g/mol. The first kappa shape index (κ1) is 15.0. The zero-order valence-electron chi connectivity index (χ0n) is 12.5. The molecule has 0 heterocycles. The summed E-state index contributed by atoms with van der Waals surface area (Å²) in [7, 11) is 0. The maximum Gasteiger partial charge on any atom is 0.233 e. The summed E-state index contributed by atoms with van der Waals surface area (Å²) in [5.74, 6) is 0.185. The number of hydrogen-bond acceptors (Lipinski definition) is 2. The number of nitrogens with zero attached hydrogens (tertiary/aromatic N) is 1. The van der Waals surface area contributed by atoms with E-state index in [4.69, 9.17) is 0 Å². The average Bonchev–Trinajstić information content (AvgIpc) is 2.95.